The Balaban J connectivity index is 1.41. The summed E-state index contributed by atoms with van der Waals surface area (Å²) in [5.41, 5.74) is 2.34. The first kappa shape index (κ1) is 22.9. The predicted octanol–water partition coefficient (Wildman–Crippen LogP) is 3.89. The van der Waals surface area contributed by atoms with E-state index in [0.29, 0.717) is 24.2 Å². The van der Waals surface area contributed by atoms with Crippen LogP contribution < -0.4 is 4.72 Å². The second-order valence-electron chi connectivity index (χ2n) is 8.15. The molecule has 0 bridgehead atoms. The smallest absolute Gasteiger partial charge is 0.262 e. The fraction of sp³-hybridized carbons (Fsp3) is 0.240. The summed E-state index contributed by atoms with van der Waals surface area (Å²) < 4.78 is 41.6. The molecular weight excluding hydrogens is 441 g/mol. The monoisotopic (exact) mass is 467 g/mol. The molecule has 6 nitrogen and oxygen atoms in total. The van der Waals surface area contributed by atoms with Crippen molar-refractivity contribution < 1.29 is 17.6 Å². The van der Waals surface area contributed by atoms with E-state index in [0.717, 1.165) is 25.7 Å². The molecule has 4 rings (SSSR count). The zero-order valence-corrected chi connectivity index (χ0v) is 19.2. The minimum atomic E-state index is -3.99. The number of rotatable bonds is 6. The average molecular weight is 468 g/mol. The topological polar surface area (TPSA) is 69.7 Å². The number of anilines is 1. The lowest BCUT2D eigenvalue weighted by atomic mass is 10.1. The van der Waals surface area contributed by atoms with Gasteiger partial charge in [0.2, 0.25) is 0 Å². The minimum Gasteiger partial charge on any atom is -0.336 e. The number of hydrogen-bond acceptors (Lipinski definition) is 4. The van der Waals surface area contributed by atoms with E-state index >= 15 is 0 Å². The predicted molar refractivity (Wildman–Crippen MR) is 126 cm³/mol. The van der Waals surface area contributed by atoms with Crippen molar-refractivity contribution >= 4 is 21.6 Å². The van der Waals surface area contributed by atoms with Gasteiger partial charge < -0.3 is 4.90 Å². The molecule has 1 fully saturated rings. The lowest BCUT2D eigenvalue weighted by Crippen LogP contribution is -2.48. The number of amides is 1. The second kappa shape index (κ2) is 9.72. The molecule has 0 spiro atoms. The summed E-state index contributed by atoms with van der Waals surface area (Å²) >= 11 is 0. The van der Waals surface area contributed by atoms with Crippen LogP contribution >= 0.6 is 0 Å². The Labute approximate surface area is 193 Å². The number of carbonyl (C=O) groups excluding carboxylic acids is 1. The Morgan fingerprint density at radius 1 is 0.939 bits per heavy atom. The molecule has 1 N–H and O–H groups in total. The van der Waals surface area contributed by atoms with Gasteiger partial charge in [0, 0.05) is 44.0 Å². The number of hydrogen-bond donors (Lipinski definition) is 1. The molecule has 0 unspecified atom stereocenters. The van der Waals surface area contributed by atoms with Crippen LogP contribution in [0.15, 0.2) is 77.7 Å². The molecule has 1 aliphatic heterocycles. The van der Waals surface area contributed by atoms with Crippen molar-refractivity contribution in [3.05, 3.63) is 95.3 Å². The third-order valence-electron chi connectivity index (χ3n) is 5.71. The molecule has 1 amide bonds. The maximum atomic E-state index is 13.6. The van der Waals surface area contributed by atoms with Crippen molar-refractivity contribution in [3.8, 4) is 0 Å². The summed E-state index contributed by atoms with van der Waals surface area (Å²) in [5, 5.41) is 0. The van der Waals surface area contributed by atoms with E-state index < -0.39 is 15.8 Å². The van der Waals surface area contributed by atoms with Gasteiger partial charge in [-0.15, -0.1) is 0 Å². The van der Waals surface area contributed by atoms with Gasteiger partial charge in [-0.2, -0.15) is 0 Å². The highest BCUT2D eigenvalue weighted by atomic mass is 32.2. The first-order valence-electron chi connectivity index (χ1n) is 10.8. The molecule has 3 aromatic rings. The Bertz CT molecular complexity index is 1240. The lowest BCUT2D eigenvalue weighted by Gasteiger charge is -2.34. The molecule has 172 valence electrons. The maximum absolute atomic E-state index is 13.6. The van der Waals surface area contributed by atoms with E-state index in [1.807, 2.05) is 18.2 Å². The van der Waals surface area contributed by atoms with Crippen molar-refractivity contribution in [2.75, 3.05) is 30.9 Å². The molecule has 8 heteroatoms. The zero-order chi connectivity index (χ0) is 23.4. The number of nitrogens with zero attached hydrogens (tertiary/aromatic N) is 2. The summed E-state index contributed by atoms with van der Waals surface area (Å²) in [6.45, 7) is 5.19. The van der Waals surface area contributed by atoms with E-state index in [4.69, 9.17) is 0 Å². The van der Waals surface area contributed by atoms with Crippen LogP contribution in [0.3, 0.4) is 0 Å². The van der Waals surface area contributed by atoms with Gasteiger partial charge in [0.15, 0.2) is 0 Å². The van der Waals surface area contributed by atoms with Crippen LogP contribution in [-0.4, -0.2) is 50.3 Å². The summed E-state index contributed by atoms with van der Waals surface area (Å²) in [4.78, 5) is 17.0. The van der Waals surface area contributed by atoms with Gasteiger partial charge in [-0.25, -0.2) is 12.8 Å². The Kier molecular flexibility index (Phi) is 6.76. The van der Waals surface area contributed by atoms with Crippen LogP contribution in [0.4, 0.5) is 10.1 Å². The van der Waals surface area contributed by atoms with Gasteiger partial charge in [-0.3, -0.25) is 14.4 Å². The van der Waals surface area contributed by atoms with Gasteiger partial charge in [-0.05, 0) is 48.4 Å². The Hall–Kier alpha value is -3.23. The van der Waals surface area contributed by atoms with Crippen molar-refractivity contribution in [3.63, 3.8) is 0 Å². The lowest BCUT2D eigenvalue weighted by molar-refractivity contribution is 0.0628. The Morgan fingerprint density at radius 2 is 1.67 bits per heavy atom. The molecule has 0 aromatic heterocycles. The fourth-order valence-corrected chi connectivity index (χ4v) is 5.23. The van der Waals surface area contributed by atoms with E-state index in [1.165, 1.54) is 23.8 Å². The molecule has 1 aliphatic rings. The van der Waals surface area contributed by atoms with Gasteiger partial charge in [0.1, 0.15) is 5.82 Å². The number of piperazine rings is 1. The molecule has 3 aromatic carbocycles. The van der Waals surface area contributed by atoms with Crippen LogP contribution in [0.1, 0.15) is 21.5 Å². The number of halogens is 1. The SMILES string of the molecule is Cc1ccc(F)cc1S(=O)(=O)Nc1cccc(C(=O)N2CCN(Cc3ccccc3)CC2)c1. The largest absolute Gasteiger partial charge is 0.336 e. The normalized spacial score (nSPS) is 14.8. The number of aryl methyl sites for hydroxylation is 1. The van der Waals surface area contributed by atoms with Gasteiger partial charge in [0.05, 0.1) is 4.90 Å². The standard InChI is InChI=1S/C25H26FN3O3S/c1-19-10-11-22(26)17-24(19)33(31,32)27-23-9-5-8-21(16-23)25(30)29-14-12-28(13-15-29)18-20-6-3-2-4-7-20/h2-11,16-17,27H,12-15,18H2,1H3. The molecule has 0 radical (unpaired) electrons. The summed E-state index contributed by atoms with van der Waals surface area (Å²) in [6, 6.07) is 20.2. The van der Waals surface area contributed by atoms with E-state index in [9.17, 15) is 17.6 Å². The number of benzene rings is 3. The molecule has 0 aliphatic carbocycles. The van der Waals surface area contributed by atoms with Gasteiger partial charge in [-0.1, -0.05) is 42.5 Å². The zero-order valence-electron chi connectivity index (χ0n) is 18.4. The molecule has 1 heterocycles. The van der Waals surface area contributed by atoms with E-state index in [1.54, 1.807) is 30.0 Å². The summed E-state index contributed by atoms with van der Waals surface area (Å²) in [7, 11) is -3.99. The first-order chi connectivity index (χ1) is 15.8. The average Bonchev–Trinajstić information content (AvgIpc) is 2.81. The van der Waals surface area contributed by atoms with Gasteiger partial charge >= 0.3 is 0 Å². The third kappa shape index (κ3) is 5.58. The van der Waals surface area contributed by atoms with Gasteiger partial charge in [0.25, 0.3) is 15.9 Å². The first-order valence-corrected chi connectivity index (χ1v) is 12.2. The van der Waals surface area contributed by atoms with Crippen LogP contribution in [0.25, 0.3) is 0 Å². The minimum absolute atomic E-state index is 0.131. The third-order valence-corrected chi connectivity index (χ3v) is 7.23. The highest BCUT2D eigenvalue weighted by Crippen LogP contribution is 2.22. The number of sulfonamides is 1. The molecule has 0 saturated carbocycles. The summed E-state index contributed by atoms with van der Waals surface area (Å²) in [6.07, 6.45) is 0. The quantitative estimate of drug-likeness (QED) is 0.597. The van der Waals surface area contributed by atoms with Crippen LogP contribution in [-0.2, 0) is 16.6 Å². The number of carbonyl (C=O) groups is 1. The Morgan fingerprint density at radius 3 is 2.39 bits per heavy atom. The highest BCUT2D eigenvalue weighted by molar-refractivity contribution is 7.92. The van der Waals surface area contributed by atoms with Crippen LogP contribution in [0.5, 0.6) is 0 Å². The molecular formula is C25H26FN3O3S. The fourth-order valence-electron chi connectivity index (χ4n) is 3.92. The number of nitrogens with one attached hydrogen (secondary N) is 1. The van der Waals surface area contributed by atoms with Crippen molar-refractivity contribution in [1.82, 2.24) is 9.80 Å². The summed E-state index contributed by atoms with van der Waals surface area (Å²) in [5.74, 6) is -0.770. The second-order valence-corrected chi connectivity index (χ2v) is 9.80. The van der Waals surface area contributed by atoms with Crippen molar-refractivity contribution in [2.45, 2.75) is 18.4 Å². The highest BCUT2D eigenvalue weighted by Gasteiger charge is 2.23. The van der Waals surface area contributed by atoms with Crippen LogP contribution in [0, 0.1) is 12.7 Å². The van der Waals surface area contributed by atoms with Crippen LogP contribution in [0.2, 0.25) is 0 Å². The molecule has 1 saturated heterocycles. The maximum Gasteiger partial charge on any atom is 0.262 e. The van der Waals surface area contributed by atoms with E-state index in [-0.39, 0.29) is 16.5 Å². The van der Waals surface area contributed by atoms with Crippen molar-refractivity contribution in [2.24, 2.45) is 0 Å². The van der Waals surface area contributed by atoms with Crippen molar-refractivity contribution in [1.29, 1.82) is 0 Å². The van der Waals surface area contributed by atoms with E-state index in [2.05, 4.69) is 21.8 Å². The molecule has 0 atom stereocenters. The molecule has 33 heavy (non-hydrogen) atoms.